The average molecular weight is 1130 g/mol. The van der Waals surface area contributed by atoms with E-state index in [2.05, 4.69) is 42.2 Å². The van der Waals surface area contributed by atoms with E-state index in [9.17, 15) is 48.3 Å². The number of carbonyl (C=O) groups is 9. The van der Waals surface area contributed by atoms with E-state index in [0.717, 1.165) is 16.9 Å². The first kappa shape index (κ1) is 61.5. The Kier molecular flexibility index (Phi) is 26.1. The number of Topliss-reactive ketones (excluding diaryl/α,β-unsaturated/α-hetero) is 3. The molecule has 1 unspecified atom stereocenters. The van der Waals surface area contributed by atoms with Crippen molar-refractivity contribution >= 4 is 96.2 Å². The highest BCUT2D eigenvalue weighted by Crippen LogP contribution is 2.34. The SMILES string of the molecule is CC[C@H](C)[C@H](CC(=O)C(C)(C)N(C)C(=O)CCCCC(=O)/C(Br)=C(/Br)C(=O)CCCCC(=O)O)C(=O)N(C)[C@H](C[C@@H](OC(C)=O)c1nc(C(=O)N[C@@H](Cc2ccccc2)CC(C)C(=O)O)cs1)C(C)C. The number of unbranched alkanes of at least 4 members (excludes halogenated alkanes) is 2. The summed E-state index contributed by atoms with van der Waals surface area (Å²) in [7, 11) is 3.20. The highest BCUT2D eigenvalue weighted by molar-refractivity contribution is 9.14. The number of carboxylic acids is 2. The van der Waals surface area contributed by atoms with E-state index in [-0.39, 0.29) is 101 Å². The Morgan fingerprint density at radius 3 is 1.90 bits per heavy atom. The van der Waals surface area contributed by atoms with E-state index in [4.69, 9.17) is 9.84 Å². The lowest BCUT2D eigenvalue weighted by Crippen LogP contribution is -2.52. The number of ether oxygens (including phenoxy) is 1. The molecule has 0 fully saturated rings. The minimum Gasteiger partial charge on any atom is -0.481 e. The number of hydrogen-bond acceptors (Lipinski definition) is 12. The van der Waals surface area contributed by atoms with Crippen LogP contribution in [0.15, 0.2) is 44.7 Å². The maximum Gasteiger partial charge on any atom is 0.306 e. The first-order chi connectivity index (χ1) is 32.7. The predicted octanol–water partition coefficient (Wildman–Crippen LogP) is 9.28. The standard InChI is InChI=1S/C51H72Br2N4O12S/c1-11-31(4)36(27-42(61)51(7,8)57(10)43(62)23-17-15-21-39(59)45(52)46(53)40(60)22-16-18-24-44(63)64)49(66)56(9)38(30(2)3)28-41(69-33(6)58)48-55-37(29-70-48)47(65)54-35(25-32(5)50(67)68)26-34-19-13-12-14-20-34/h12-14,19-20,29-32,35-36,38,41H,11,15-18,21-28H2,1-10H3,(H,54,65)(H,63,64)(H,67,68)/b46-45-/t31-,32?,35+,36-,38+,41+/m0/s1. The molecule has 1 aromatic carbocycles. The van der Waals surface area contributed by atoms with Gasteiger partial charge in [0.05, 0.1) is 20.4 Å². The largest absolute Gasteiger partial charge is 0.481 e. The minimum atomic E-state index is -1.29. The van der Waals surface area contributed by atoms with Gasteiger partial charge in [0.25, 0.3) is 5.91 Å². The lowest BCUT2D eigenvalue weighted by Gasteiger charge is -2.39. The Morgan fingerprint density at radius 1 is 0.829 bits per heavy atom. The molecule has 0 saturated carbocycles. The fraction of sp³-hybridized carbons (Fsp3) is 0.608. The number of halogens is 2. The lowest BCUT2D eigenvalue weighted by molar-refractivity contribution is -0.150. The van der Waals surface area contributed by atoms with Crippen LogP contribution in [0.1, 0.15) is 160 Å². The van der Waals surface area contributed by atoms with Crippen molar-refractivity contribution in [1.82, 2.24) is 20.1 Å². The zero-order valence-corrected chi connectivity index (χ0v) is 46.2. The second-order valence-corrected chi connectivity index (χ2v) is 21.4. The van der Waals surface area contributed by atoms with Crippen molar-refractivity contribution in [2.45, 2.75) is 163 Å². The van der Waals surface area contributed by atoms with Gasteiger partial charge in [0.15, 0.2) is 23.5 Å². The van der Waals surface area contributed by atoms with Gasteiger partial charge in [-0.2, -0.15) is 0 Å². The molecule has 0 spiro atoms. The van der Waals surface area contributed by atoms with Crippen molar-refractivity contribution in [2.24, 2.45) is 23.7 Å². The summed E-state index contributed by atoms with van der Waals surface area (Å²) in [5.41, 5.74) is -0.292. The van der Waals surface area contributed by atoms with Crippen LogP contribution in [0.5, 0.6) is 0 Å². The fourth-order valence-corrected chi connectivity index (χ4v) is 9.54. The molecular formula is C51H72Br2N4O12S. The summed E-state index contributed by atoms with van der Waals surface area (Å²) in [6.07, 6.45) is 1.75. The zero-order chi connectivity index (χ0) is 53.0. The fourth-order valence-electron chi connectivity index (χ4n) is 7.86. The maximum atomic E-state index is 14.6. The number of nitrogens with one attached hydrogen (secondary N) is 1. The number of ketones is 3. The van der Waals surface area contributed by atoms with E-state index >= 15 is 0 Å². The van der Waals surface area contributed by atoms with Crippen molar-refractivity contribution in [3.63, 3.8) is 0 Å². The zero-order valence-electron chi connectivity index (χ0n) is 42.2. The predicted molar refractivity (Wildman–Crippen MR) is 274 cm³/mol. The Hall–Kier alpha value is -4.62. The van der Waals surface area contributed by atoms with Gasteiger partial charge in [-0.15, -0.1) is 11.3 Å². The molecule has 70 heavy (non-hydrogen) atoms. The van der Waals surface area contributed by atoms with Gasteiger partial charge in [0, 0.05) is 82.9 Å². The van der Waals surface area contributed by atoms with Crippen molar-refractivity contribution in [1.29, 1.82) is 0 Å². The summed E-state index contributed by atoms with van der Waals surface area (Å²) in [6.45, 7) is 13.8. The number of aliphatic carboxylic acids is 2. The number of rotatable bonds is 32. The summed E-state index contributed by atoms with van der Waals surface area (Å²) >= 11 is 7.50. The van der Waals surface area contributed by atoms with Gasteiger partial charge in [-0.3, -0.25) is 43.2 Å². The molecule has 0 aliphatic rings. The van der Waals surface area contributed by atoms with Gasteiger partial charge >= 0.3 is 17.9 Å². The molecule has 16 nitrogen and oxygen atoms in total. The van der Waals surface area contributed by atoms with Crippen molar-refractivity contribution in [3.8, 4) is 0 Å². The third-order valence-electron chi connectivity index (χ3n) is 12.8. The van der Waals surface area contributed by atoms with Crippen LogP contribution in [0.25, 0.3) is 0 Å². The van der Waals surface area contributed by atoms with Gasteiger partial charge in [-0.25, -0.2) is 4.98 Å². The maximum absolute atomic E-state index is 14.6. The monoisotopic (exact) mass is 1120 g/mol. The number of hydrogen-bond donors (Lipinski definition) is 3. The molecule has 0 saturated heterocycles. The molecule has 1 heterocycles. The van der Waals surface area contributed by atoms with Crippen LogP contribution in [0, 0.1) is 23.7 Å². The van der Waals surface area contributed by atoms with Crippen molar-refractivity contribution < 1.29 is 58.1 Å². The van der Waals surface area contributed by atoms with Crippen molar-refractivity contribution in [2.75, 3.05) is 14.1 Å². The Bertz CT molecular complexity index is 2180. The normalized spacial score (nSPS) is 14.5. The van der Waals surface area contributed by atoms with Crippen LogP contribution >= 0.6 is 43.2 Å². The molecule has 388 valence electrons. The topological polar surface area (TPSA) is 235 Å². The number of amides is 3. The van der Waals surface area contributed by atoms with E-state index in [1.54, 1.807) is 38.1 Å². The number of esters is 1. The van der Waals surface area contributed by atoms with Gasteiger partial charge in [0.1, 0.15) is 10.7 Å². The number of carboxylic acid groups (broad SMARTS) is 2. The number of allylic oxidation sites excluding steroid dienone is 2. The minimum absolute atomic E-state index is 0.0483. The Balaban J connectivity index is 2.19. The third-order valence-corrected chi connectivity index (χ3v) is 16.0. The lowest BCUT2D eigenvalue weighted by atomic mass is 9.81. The number of aromatic nitrogens is 1. The first-order valence-corrected chi connectivity index (χ1v) is 26.3. The second kappa shape index (κ2) is 29.7. The van der Waals surface area contributed by atoms with Gasteiger partial charge in [0.2, 0.25) is 11.8 Å². The molecule has 2 rings (SSSR count). The molecule has 19 heteroatoms. The average Bonchev–Trinajstić information content (AvgIpc) is 3.81. The van der Waals surface area contributed by atoms with Gasteiger partial charge < -0.3 is 30.1 Å². The molecule has 3 amide bonds. The van der Waals surface area contributed by atoms with Crippen LogP contribution in [0.4, 0.5) is 0 Å². The number of carbonyl (C=O) groups excluding carboxylic acids is 7. The van der Waals surface area contributed by atoms with Crippen LogP contribution in [-0.4, -0.2) is 110 Å². The summed E-state index contributed by atoms with van der Waals surface area (Å²) in [6, 6.07) is 8.39. The van der Waals surface area contributed by atoms with Gasteiger partial charge in [-0.1, -0.05) is 71.4 Å². The van der Waals surface area contributed by atoms with Crippen LogP contribution < -0.4 is 5.32 Å². The van der Waals surface area contributed by atoms with Crippen LogP contribution in [-0.2, 0) is 49.5 Å². The van der Waals surface area contributed by atoms with E-state index < -0.39 is 59.4 Å². The number of likely N-dealkylation sites (N-methyl/N-ethyl adjacent to an activating group) is 1. The van der Waals surface area contributed by atoms with Gasteiger partial charge in [-0.05, 0) is 102 Å². The molecular weight excluding hydrogens is 1050 g/mol. The smallest absolute Gasteiger partial charge is 0.306 e. The third kappa shape index (κ3) is 19.5. The van der Waals surface area contributed by atoms with Crippen LogP contribution in [0.3, 0.4) is 0 Å². The molecule has 0 bridgehead atoms. The van der Waals surface area contributed by atoms with E-state index in [1.165, 1.54) is 18.9 Å². The molecule has 6 atom stereocenters. The molecule has 0 radical (unpaired) electrons. The Labute approximate surface area is 433 Å². The summed E-state index contributed by atoms with van der Waals surface area (Å²) in [5.74, 6) is -6.45. The molecule has 1 aromatic heterocycles. The number of nitrogens with zero attached hydrogens (tertiary/aromatic N) is 3. The number of thiazole rings is 1. The highest BCUT2D eigenvalue weighted by atomic mass is 79.9. The van der Waals surface area contributed by atoms with E-state index in [1.807, 2.05) is 58.0 Å². The molecule has 3 N–H and O–H groups in total. The second-order valence-electron chi connectivity index (χ2n) is 18.9. The molecule has 0 aliphatic heterocycles. The van der Waals surface area contributed by atoms with E-state index in [0.29, 0.717) is 43.5 Å². The summed E-state index contributed by atoms with van der Waals surface area (Å²) in [4.78, 5) is 124. The quantitative estimate of drug-likeness (QED) is 0.0352. The van der Waals surface area contributed by atoms with Crippen LogP contribution in [0.2, 0.25) is 0 Å². The Morgan fingerprint density at radius 2 is 1.39 bits per heavy atom. The summed E-state index contributed by atoms with van der Waals surface area (Å²) < 4.78 is 5.96. The number of benzene rings is 1. The highest BCUT2D eigenvalue weighted by Gasteiger charge is 2.41. The molecule has 0 aliphatic carbocycles. The first-order valence-electron chi connectivity index (χ1n) is 23.8. The summed E-state index contributed by atoms with van der Waals surface area (Å²) in [5, 5.41) is 23.2. The molecule has 2 aromatic rings. The van der Waals surface area contributed by atoms with Crippen molar-refractivity contribution in [3.05, 3.63) is 60.9 Å².